The molecule has 1 saturated heterocycles. The predicted octanol–water partition coefficient (Wildman–Crippen LogP) is 2.48. The number of rotatable bonds is 0. The highest BCUT2D eigenvalue weighted by Gasteiger charge is 2.65. The zero-order valence-corrected chi connectivity index (χ0v) is 13.3. The maximum absolute atomic E-state index is 11.7. The standard InChI is InChI=1S/C8H3Br4NO2/c9-3-1-4(10)8(12)6(15)13-5(14)7(8,11)2-3/h1-2H,(H,13,14,15). The van der Waals surface area contributed by atoms with Crippen LogP contribution in [0.15, 0.2) is 21.1 Å². The van der Waals surface area contributed by atoms with Gasteiger partial charge in [0.2, 0.25) is 5.91 Å². The van der Waals surface area contributed by atoms with Crippen molar-refractivity contribution in [3.63, 3.8) is 0 Å². The normalized spacial score (nSPS) is 39.5. The van der Waals surface area contributed by atoms with E-state index in [0.717, 1.165) is 4.48 Å². The van der Waals surface area contributed by atoms with Gasteiger partial charge in [-0.05, 0) is 12.2 Å². The number of allylic oxidation sites excluding steroid dienone is 2. The predicted molar refractivity (Wildman–Crippen MR) is 70.5 cm³/mol. The van der Waals surface area contributed by atoms with E-state index in [0.29, 0.717) is 4.48 Å². The van der Waals surface area contributed by atoms with Crippen LogP contribution in [0.1, 0.15) is 0 Å². The molecular weight excluding hydrogens is 462 g/mol. The van der Waals surface area contributed by atoms with Crippen LogP contribution in [0.5, 0.6) is 0 Å². The van der Waals surface area contributed by atoms with Crippen molar-refractivity contribution >= 4 is 75.5 Å². The van der Waals surface area contributed by atoms with Crippen molar-refractivity contribution < 1.29 is 9.59 Å². The van der Waals surface area contributed by atoms with E-state index in [1.54, 1.807) is 12.2 Å². The molecule has 1 heterocycles. The third-order valence-corrected chi connectivity index (χ3v) is 7.24. The minimum atomic E-state index is -1.10. The summed E-state index contributed by atoms with van der Waals surface area (Å²) in [5.74, 6) is -0.768. The highest BCUT2D eigenvalue weighted by Crippen LogP contribution is 2.54. The third kappa shape index (κ3) is 1.39. The fourth-order valence-corrected chi connectivity index (χ4v) is 4.94. The van der Waals surface area contributed by atoms with Gasteiger partial charge < -0.3 is 0 Å². The molecular formula is C8H3Br4NO2. The Hall–Kier alpha value is 0.540. The first-order valence-corrected chi connectivity index (χ1v) is 6.99. The number of fused-ring (bicyclic) bond motifs is 1. The zero-order valence-electron chi connectivity index (χ0n) is 6.98. The first-order chi connectivity index (χ1) is 6.82. The quantitative estimate of drug-likeness (QED) is 0.442. The van der Waals surface area contributed by atoms with Crippen molar-refractivity contribution in [2.45, 2.75) is 8.65 Å². The summed E-state index contributed by atoms with van der Waals surface area (Å²) in [7, 11) is 0. The van der Waals surface area contributed by atoms with Crippen LogP contribution in [-0.4, -0.2) is 20.5 Å². The smallest absolute Gasteiger partial charge is 0.250 e. The lowest BCUT2D eigenvalue weighted by Crippen LogP contribution is -2.48. The van der Waals surface area contributed by atoms with Gasteiger partial charge in [0.15, 0.2) is 8.65 Å². The van der Waals surface area contributed by atoms with Gasteiger partial charge in [-0.2, -0.15) is 0 Å². The van der Waals surface area contributed by atoms with Gasteiger partial charge >= 0.3 is 0 Å². The molecule has 1 aliphatic carbocycles. The number of carbonyl (C=O) groups is 2. The van der Waals surface area contributed by atoms with Crippen LogP contribution in [0.3, 0.4) is 0 Å². The molecule has 0 aromatic heterocycles. The van der Waals surface area contributed by atoms with E-state index >= 15 is 0 Å². The Balaban J connectivity index is 2.70. The number of halogens is 4. The van der Waals surface area contributed by atoms with E-state index in [-0.39, 0.29) is 11.8 Å². The molecule has 0 aromatic rings. The Morgan fingerprint density at radius 2 is 1.73 bits per heavy atom. The molecule has 0 saturated carbocycles. The minimum Gasteiger partial charge on any atom is -0.293 e. The molecule has 0 bridgehead atoms. The second kappa shape index (κ2) is 3.51. The van der Waals surface area contributed by atoms with Gasteiger partial charge in [0.05, 0.1) is 0 Å². The lowest BCUT2D eigenvalue weighted by molar-refractivity contribution is -0.125. The molecule has 2 unspecified atom stereocenters. The van der Waals surface area contributed by atoms with Crippen molar-refractivity contribution in [2.75, 3.05) is 0 Å². The Bertz CT molecular complexity index is 444. The van der Waals surface area contributed by atoms with Gasteiger partial charge in [0, 0.05) is 8.96 Å². The molecule has 7 heteroatoms. The van der Waals surface area contributed by atoms with Crippen LogP contribution < -0.4 is 5.32 Å². The first-order valence-electron chi connectivity index (χ1n) is 3.82. The molecule has 0 spiro atoms. The molecule has 1 aliphatic heterocycles. The summed E-state index contributed by atoms with van der Waals surface area (Å²) in [5.41, 5.74) is 0. The second-order valence-electron chi connectivity index (χ2n) is 3.17. The zero-order chi connectivity index (χ0) is 11.4. The van der Waals surface area contributed by atoms with Crippen molar-refractivity contribution in [1.82, 2.24) is 5.32 Å². The van der Waals surface area contributed by atoms with Crippen molar-refractivity contribution in [2.24, 2.45) is 0 Å². The fraction of sp³-hybridized carbons (Fsp3) is 0.250. The average molecular weight is 465 g/mol. The lowest BCUT2D eigenvalue weighted by Gasteiger charge is -2.33. The van der Waals surface area contributed by atoms with Crippen molar-refractivity contribution in [1.29, 1.82) is 0 Å². The van der Waals surface area contributed by atoms with E-state index in [1.807, 2.05) is 0 Å². The molecule has 2 amide bonds. The number of carbonyl (C=O) groups excluding carboxylic acids is 2. The average Bonchev–Trinajstić information content (AvgIpc) is 2.28. The largest absolute Gasteiger partial charge is 0.293 e. The molecule has 80 valence electrons. The highest BCUT2D eigenvalue weighted by molar-refractivity contribution is 9.15. The second-order valence-corrected chi connectivity index (χ2v) is 7.39. The number of alkyl halides is 2. The summed E-state index contributed by atoms with van der Waals surface area (Å²) >= 11 is 13.2. The van der Waals surface area contributed by atoms with Crippen LogP contribution >= 0.6 is 63.7 Å². The van der Waals surface area contributed by atoms with Gasteiger partial charge in [0.1, 0.15) is 0 Å². The summed E-state index contributed by atoms with van der Waals surface area (Å²) in [4.78, 5) is 23.5. The fourth-order valence-electron chi connectivity index (χ4n) is 1.50. The topological polar surface area (TPSA) is 46.2 Å². The van der Waals surface area contributed by atoms with Crippen LogP contribution in [0.2, 0.25) is 0 Å². The molecule has 0 radical (unpaired) electrons. The van der Waals surface area contributed by atoms with E-state index in [2.05, 4.69) is 69.0 Å². The summed E-state index contributed by atoms with van der Waals surface area (Å²) in [6, 6.07) is 0. The van der Waals surface area contributed by atoms with Gasteiger partial charge in [-0.1, -0.05) is 63.7 Å². The summed E-state index contributed by atoms with van der Waals surface area (Å²) in [6.07, 6.45) is 3.37. The molecule has 2 rings (SSSR count). The molecule has 1 N–H and O–H groups in total. The van der Waals surface area contributed by atoms with Crippen molar-refractivity contribution in [3.05, 3.63) is 21.1 Å². The number of imide groups is 1. The summed E-state index contributed by atoms with van der Waals surface area (Å²) < 4.78 is -0.881. The SMILES string of the molecule is O=C1NC(=O)C2(Br)C(Br)=CC(Br)=CC12Br. The van der Waals surface area contributed by atoms with E-state index in [1.165, 1.54) is 0 Å². The van der Waals surface area contributed by atoms with Crippen LogP contribution in [0, 0.1) is 0 Å². The van der Waals surface area contributed by atoms with Gasteiger partial charge in [-0.25, -0.2) is 0 Å². The number of amides is 2. The molecule has 1 fully saturated rings. The monoisotopic (exact) mass is 461 g/mol. The minimum absolute atomic E-state index is 0.383. The van der Waals surface area contributed by atoms with Crippen LogP contribution in [0.25, 0.3) is 0 Å². The number of nitrogens with one attached hydrogen (secondary N) is 1. The maximum Gasteiger partial charge on any atom is 0.250 e. The molecule has 3 nitrogen and oxygen atoms in total. The molecule has 15 heavy (non-hydrogen) atoms. The summed E-state index contributed by atoms with van der Waals surface area (Å²) in [6.45, 7) is 0. The Labute approximate surface area is 119 Å². The van der Waals surface area contributed by atoms with Crippen LogP contribution in [0.4, 0.5) is 0 Å². The number of hydrogen-bond donors (Lipinski definition) is 1. The van der Waals surface area contributed by atoms with E-state index in [9.17, 15) is 9.59 Å². The Morgan fingerprint density at radius 1 is 1.13 bits per heavy atom. The molecule has 0 aromatic carbocycles. The van der Waals surface area contributed by atoms with Crippen LogP contribution in [-0.2, 0) is 9.59 Å². The highest BCUT2D eigenvalue weighted by atomic mass is 79.9. The Kier molecular flexibility index (Phi) is 2.81. The van der Waals surface area contributed by atoms with E-state index in [4.69, 9.17) is 0 Å². The number of hydrogen-bond acceptors (Lipinski definition) is 2. The van der Waals surface area contributed by atoms with E-state index < -0.39 is 8.65 Å². The van der Waals surface area contributed by atoms with Gasteiger partial charge in [-0.15, -0.1) is 0 Å². The van der Waals surface area contributed by atoms with Crippen molar-refractivity contribution in [3.8, 4) is 0 Å². The lowest BCUT2D eigenvalue weighted by atomic mass is 9.90. The molecule has 2 aliphatic rings. The Morgan fingerprint density at radius 3 is 2.33 bits per heavy atom. The molecule has 2 atom stereocenters. The summed E-state index contributed by atoms with van der Waals surface area (Å²) in [5, 5.41) is 2.28. The third-order valence-electron chi connectivity index (χ3n) is 2.30. The first kappa shape index (κ1) is 12.0. The van der Waals surface area contributed by atoms with Gasteiger partial charge in [0.25, 0.3) is 5.91 Å². The van der Waals surface area contributed by atoms with Gasteiger partial charge in [-0.3, -0.25) is 14.9 Å². The maximum atomic E-state index is 11.7.